The van der Waals surface area contributed by atoms with Crippen molar-refractivity contribution >= 4 is 12.4 Å². The van der Waals surface area contributed by atoms with E-state index < -0.39 is 0 Å². The summed E-state index contributed by atoms with van der Waals surface area (Å²) in [7, 11) is 1.77. The van der Waals surface area contributed by atoms with Crippen LogP contribution in [0.1, 0.15) is 42.9 Å². The first-order valence-electron chi connectivity index (χ1n) is 6.12. The third kappa shape index (κ3) is 3.14. The minimum Gasteiger partial charge on any atom is -0.496 e. The predicted molar refractivity (Wildman–Crippen MR) is 74.4 cm³/mol. The molecule has 17 heavy (non-hydrogen) atoms. The van der Waals surface area contributed by atoms with Gasteiger partial charge in [0, 0.05) is 6.54 Å². The molecule has 0 amide bonds. The number of benzene rings is 1. The molecule has 0 unspecified atom stereocenters. The molecule has 2 nitrogen and oxygen atoms in total. The molecule has 1 N–H and O–H groups in total. The van der Waals surface area contributed by atoms with Crippen LogP contribution in [0.2, 0.25) is 0 Å². The van der Waals surface area contributed by atoms with E-state index in [9.17, 15) is 0 Å². The maximum Gasteiger partial charge on any atom is 0.122 e. The number of ether oxygens (including phenoxy) is 1. The van der Waals surface area contributed by atoms with E-state index >= 15 is 0 Å². The van der Waals surface area contributed by atoms with E-state index in [0.717, 1.165) is 25.3 Å². The van der Waals surface area contributed by atoms with Gasteiger partial charge in [-0.25, -0.2) is 0 Å². The van der Waals surface area contributed by atoms with E-state index in [1.54, 1.807) is 7.11 Å². The van der Waals surface area contributed by atoms with Crippen LogP contribution < -0.4 is 10.1 Å². The van der Waals surface area contributed by atoms with Crippen LogP contribution in [0.5, 0.6) is 5.75 Å². The van der Waals surface area contributed by atoms with Crippen LogP contribution in [-0.2, 0) is 13.0 Å². The van der Waals surface area contributed by atoms with Gasteiger partial charge in [0.1, 0.15) is 5.75 Å². The van der Waals surface area contributed by atoms with Gasteiger partial charge in [0.2, 0.25) is 0 Å². The first-order chi connectivity index (χ1) is 7.72. The van der Waals surface area contributed by atoms with Gasteiger partial charge in [0.15, 0.2) is 0 Å². The van der Waals surface area contributed by atoms with Crippen LogP contribution in [0, 0.1) is 0 Å². The van der Waals surface area contributed by atoms with Crippen molar-refractivity contribution in [3.8, 4) is 5.75 Å². The zero-order valence-electron chi connectivity index (χ0n) is 10.9. The molecule has 0 bridgehead atoms. The van der Waals surface area contributed by atoms with Gasteiger partial charge in [-0.1, -0.05) is 19.9 Å². The van der Waals surface area contributed by atoms with E-state index in [0.29, 0.717) is 5.92 Å². The van der Waals surface area contributed by atoms with Crippen molar-refractivity contribution in [3.63, 3.8) is 0 Å². The van der Waals surface area contributed by atoms with Crippen LogP contribution in [0.3, 0.4) is 0 Å². The Balaban J connectivity index is 0.00000144. The summed E-state index contributed by atoms with van der Waals surface area (Å²) in [6.45, 7) is 6.55. The molecule has 1 aliphatic rings. The average Bonchev–Trinajstić information content (AvgIpc) is 2.51. The highest BCUT2D eigenvalue weighted by Gasteiger charge is 2.14. The van der Waals surface area contributed by atoms with Gasteiger partial charge in [-0.05, 0) is 48.1 Å². The molecule has 3 heteroatoms. The van der Waals surface area contributed by atoms with Gasteiger partial charge in [-0.3, -0.25) is 0 Å². The lowest BCUT2D eigenvalue weighted by Crippen LogP contribution is -2.12. The van der Waals surface area contributed by atoms with Crippen molar-refractivity contribution in [3.05, 3.63) is 28.8 Å². The Kier molecular flexibility index (Phi) is 5.29. The van der Waals surface area contributed by atoms with E-state index in [1.807, 2.05) is 0 Å². The maximum absolute atomic E-state index is 5.49. The predicted octanol–water partition coefficient (Wildman–Crippen LogP) is 3.28. The number of methoxy groups -OCH3 is 1. The molecule has 1 aliphatic heterocycles. The molecule has 0 aromatic heterocycles. The highest BCUT2D eigenvalue weighted by Crippen LogP contribution is 2.31. The SMILES string of the molecule is COc1cc2c(cc1C(C)C)CNCCC2.Cl. The highest BCUT2D eigenvalue weighted by atomic mass is 35.5. The zero-order valence-corrected chi connectivity index (χ0v) is 11.7. The summed E-state index contributed by atoms with van der Waals surface area (Å²) in [5.74, 6) is 1.57. The molecular formula is C14H22ClNO. The van der Waals surface area contributed by atoms with Crippen molar-refractivity contribution in [2.45, 2.75) is 39.2 Å². The van der Waals surface area contributed by atoms with Crippen LogP contribution in [-0.4, -0.2) is 13.7 Å². The maximum atomic E-state index is 5.49. The smallest absolute Gasteiger partial charge is 0.122 e. The second kappa shape index (κ2) is 6.27. The van der Waals surface area contributed by atoms with E-state index in [1.165, 1.54) is 23.1 Å². The molecule has 96 valence electrons. The van der Waals surface area contributed by atoms with Crippen LogP contribution >= 0.6 is 12.4 Å². The normalized spacial score (nSPS) is 14.8. The summed E-state index contributed by atoms with van der Waals surface area (Å²) in [5, 5.41) is 3.47. The Hall–Kier alpha value is -0.730. The first-order valence-corrected chi connectivity index (χ1v) is 6.12. The number of rotatable bonds is 2. The summed E-state index contributed by atoms with van der Waals surface area (Å²) in [6.07, 6.45) is 2.38. The fourth-order valence-corrected chi connectivity index (χ4v) is 2.34. The molecule has 1 heterocycles. The highest BCUT2D eigenvalue weighted by molar-refractivity contribution is 5.85. The fourth-order valence-electron chi connectivity index (χ4n) is 2.34. The fraction of sp³-hybridized carbons (Fsp3) is 0.571. The second-order valence-corrected chi connectivity index (χ2v) is 4.80. The third-order valence-corrected chi connectivity index (χ3v) is 3.29. The lowest BCUT2D eigenvalue weighted by molar-refractivity contribution is 0.407. The molecule has 1 aromatic carbocycles. The van der Waals surface area contributed by atoms with Crippen molar-refractivity contribution in [1.82, 2.24) is 5.32 Å². The topological polar surface area (TPSA) is 21.3 Å². The molecule has 0 saturated carbocycles. The molecule has 0 saturated heterocycles. The summed E-state index contributed by atoms with van der Waals surface area (Å²) in [6, 6.07) is 4.55. The third-order valence-electron chi connectivity index (χ3n) is 3.29. The quantitative estimate of drug-likeness (QED) is 0.876. The van der Waals surface area contributed by atoms with Gasteiger partial charge < -0.3 is 10.1 Å². The van der Waals surface area contributed by atoms with E-state index in [4.69, 9.17) is 4.74 Å². The van der Waals surface area contributed by atoms with Crippen LogP contribution in [0.25, 0.3) is 0 Å². The van der Waals surface area contributed by atoms with Gasteiger partial charge in [0.05, 0.1) is 7.11 Å². The Labute approximate surface area is 110 Å². The Morgan fingerprint density at radius 3 is 2.65 bits per heavy atom. The number of hydrogen-bond donors (Lipinski definition) is 1. The van der Waals surface area contributed by atoms with E-state index in [2.05, 4.69) is 31.3 Å². The van der Waals surface area contributed by atoms with Crippen LogP contribution in [0.15, 0.2) is 12.1 Å². The van der Waals surface area contributed by atoms with Gasteiger partial charge in [-0.15, -0.1) is 12.4 Å². The minimum absolute atomic E-state index is 0. The van der Waals surface area contributed by atoms with Gasteiger partial charge in [-0.2, -0.15) is 0 Å². The van der Waals surface area contributed by atoms with Crippen molar-refractivity contribution in [1.29, 1.82) is 0 Å². The molecule has 0 aliphatic carbocycles. The molecule has 0 radical (unpaired) electrons. The van der Waals surface area contributed by atoms with Crippen molar-refractivity contribution in [2.75, 3.05) is 13.7 Å². The molecule has 0 atom stereocenters. The molecule has 2 rings (SSSR count). The summed E-state index contributed by atoms with van der Waals surface area (Å²) in [4.78, 5) is 0. The van der Waals surface area contributed by atoms with Gasteiger partial charge >= 0.3 is 0 Å². The average molecular weight is 256 g/mol. The minimum atomic E-state index is 0. The lowest BCUT2D eigenvalue weighted by atomic mass is 9.94. The molecule has 0 spiro atoms. The van der Waals surface area contributed by atoms with Crippen molar-refractivity contribution < 1.29 is 4.74 Å². The monoisotopic (exact) mass is 255 g/mol. The largest absolute Gasteiger partial charge is 0.496 e. The second-order valence-electron chi connectivity index (χ2n) is 4.80. The summed E-state index contributed by atoms with van der Waals surface area (Å²) in [5.41, 5.74) is 4.22. The Morgan fingerprint density at radius 1 is 1.24 bits per heavy atom. The Bertz CT molecular complexity index is 377. The lowest BCUT2D eigenvalue weighted by Gasteiger charge is -2.16. The van der Waals surface area contributed by atoms with E-state index in [-0.39, 0.29) is 12.4 Å². The van der Waals surface area contributed by atoms with Crippen LogP contribution in [0.4, 0.5) is 0 Å². The van der Waals surface area contributed by atoms with Gasteiger partial charge in [0.25, 0.3) is 0 Å². The summed E-state index contributed by atoms with van der Waals surface area (Å²) >= 11 is 0. The standard InChI is InChI=1S/C14H21NO.ClH/c1-10(2)13-7-12-9-15-6-4-5-11(12)8-14(13)16-3;/h7-8,10,15H,4-6,9H2,1-3H3;1H. The first kappa shape index (κ1) is 14.3. The number of fused-ring (bicyclic) bond motifs is 1. The number of halogens is 1. The summed E-state index contributed by atoms with van der Waals surface area (Å²) < 4.78 is 5.49. The molecular weight excluding hydrogens is 234 g/mol. The molecule has 1 aromatic rings. The molecule has 0 fully saturated rings. The Morgan fingerprint density at radius 2 is 2.00 bits per heavy atom. The number of hydrogen-bond acceptors (Lipinski definition) is 2. The number of nitrogens with one attached hydrogen (secondary N) is 1. The zero-order chi connectivity index (χ0) is 11.5. The number of aryl methyl sites for hydroxylation is 1. The van der Waals surface area contributed by atoms with Crippen molar-refractivity contribution in [2.24, 2.45) is 0 Å².